The molecule has 4 heteroatoms. The summed E-state index contributed by atoms with van der Waals surface area (Å²) in [4.78, 5) is 25.9. The second-order valence-electron chi connectivity index (χ2n) is 5.35. The summed E-state index contributed by atoms with van der Waals surface area (Å²) in [5, 5.41) is 0. The fourth-order valence-electron chi connectivity index (χ4n) is 2.36. The van der Waals surface area contributed by atoms with Crippen molar-refractivity contribution in [2.75, 3.05) is 13.2 Å². The fourth-order valence-corrected chi connectivity index (χ4v) is 2.36. The number of hydrogen-bond acceptors (Lipinski definition) is 3. The Bertz CT molecular complexity index is 500. The molecule has 0 N–H and O–H groups in total. The lowest BCUT2D eigenvalue weighted by Crippen LogP contribution is -2.38. The van der Waals surface area contributed by atoms with E-state index in [1.165, 1.54) is 0 Å². The first-order chi connectivity index (χ1) is 9.51. The van der Waals surface area contributed by atoms with E-state index in [-0.39, 0.29) is 24.5 Å². The Hall–Kier alpha value is -1.84. The first kappa shape index (κ1) is 14.6. The molecule has 0 spiro atoms. The van der Waals surface area contributed by atoms with Crippen LogP contribution in [-0.2, 0) is 9.53 Å². The molecule has 0 unspecified atom stereocenters. The smallest absolute Gasteiger partial charge is 0.325 e. The molecule has 0 heterocycles. The van der Waals surface area contributed by atoms with Crippen molar-refractivity contribution in [3.63, 3.8) is 0 Å². The Morgan fingerprint density at radius 2 is 1.80 bits per heavy atom. The number of amides is 1. The predicted octanol–water partition coefficient (Wildman–Crippen LogP) is 2.47. The second kappa shape index (κ2) is 6.07. The van der Waals surface area contributed by atoms with E-state index in [1.54, 1.807) is 11.8 Å². The van der Waals surface area contributed by atoms with Crippen LogP contribution in [0.1, 0.15) is 41.3 Å². The number of aryl methyl sites for hydroxylation is 2. The van der Waals surface area contributed by atoms with Gasteiger partial charge in [0.05, 0.1) is 6.61 Å². The highest BCUT2D eigenvalue weighted by atomic mass is 16.5. The van der Waals surface area contributed by atoms with Gasteiger partial charge in [-0.25, -0.2) is 0 Å². The zero-order valence-electron chi connectivity index (χ0n) is 12.3. The molecule has 1 fully saturated rings. The highest BCUT2D eigenvalue weighted by molar-refractivity contribution is 5.96. The second-order valence-corrected chi connectivity index (χ2v) is 5.35. The summed E-state index contributed by atoms with van der Waals surface area (Å²) >= 11 is 0. The third-order valence-electron chi connectivity index (χ3n) is 3.32. The molecule has 2 rings (SSSR count). The molecule has 1 saturated carbocycles. The van der Waals surface area contributed by atoms with Crippen LogP contribution < -0.4 is 0 Å². The third-order valence-corrected chi connectivity index (χ3v) is 3.32. The first-order valence-electron chi connectivity index (χ1n) is 7.06. The molecule has 1 aromatic carbocycles. The molecule has 1 aliphatic carbocycles. The lowest BCUT2D eigenvalue weighted by Gasteiger charge is -2.21. The highest BCUT2D eigenvalue weighted by Gasteiger charge is 2.34. The van der Waals surface area contributed by atoms with Crippen molar-refractivity contribution < 1.29 is 14.3 Å². The first-order valence-corrected chi connectivity index (χ1v) is 7.06. The number of carbonyl (C=O) groups is 2. The van der Waals surface area contributed by atoms with Gasteiger partial charge in [0.2, 0.25) is 0 Å². The fraction of sp³-hybridized carbons (Fsp3) is 0.500. The average Bonchev–Trinajstić information content (AvgIpc) is 3.18. The van der Waals surface area contributed by atoms with E-state index in [9.17, 15) is 9.59 Å². The van der Waals surface area contributed by atoms with Gasteiger partial charge in [-0.3, -0.25) is 9.59 Å². The van der Waals surface area contributed by atoms with Crippen molar-refractivity contribution in [2.24, 2.45) is 0 Å². The summed E-state index contributed by atoms with van der Waals surface area (Å²) in [6.45, 7) is 6.09. The Labute approximate surface area is 119 Å². The van der Waals surface area contributed by atoms with Crippen molar-refractivity contribution in [3.8, 4) is 0 Å². The zero-order chi connectivity index (χ0) is 14.7. The van der Waals surface area contributed by atoms with Gasteiger partial charge >= 0.3 is 5.97 Å². The van der Waals surface area contributed by atoms with Gasteiger partial charge in [-0.05, 0) is 45.7 Å². The van der Waals surface area contributed by atoms with Crippen molar-refractivity contribution in [2.45, 2.75) is 39.7 Å². The minimum absolute atomic E-state index is 0.0460. The number of carbonyl (C=O) groups excluding carboxylic acids is 2. The maximum absolute atomic E-state index is 12.6. The number of rotatable bonds is 5. The van der Waals surface area contributed by atoms with Crippen LogP contribution in [0.2, 0.25) is 0 Å². The van der Waals surface area contributed by atoms with Crippen molar-refractivity contribution >= 4 is 11.9 Å². The van der Waals surface area contributed by atoms with Crippen LogP contribution in [0.5, 0.6) is 0 Å². The van der Waals surface area contributed by atoms with Crippen LogP contribution in [0.3, 0.4) is 0 Å². The van der Waals surface area contributed by atoms with Crippen molar-refractivity contribution in [3.05, 3.63) is 34.9 Å². The van der Waals surface area contributed by atoms with Crippen LogP contribution in [0.15, 0.2) is 18.2 Å². The number of benzene rings is 1. The third kappa shape index (κ3) is 3.59. The topological polar surface area (TPSA) is 46.6 Å². The van der Waals surface area contributed by atoms with Gasteiger partial charge in [0.1, 0.15) is 6.54 Å². The van der Waals surface area contributed by atoms with E-state index in [0.29, 0.717) is 12.2 Å². The molecule has 20 heavy (non-hydrogen) atoms. The summed E-state index contributed by atoms with van der Waals surface area (Å²) in [5.41, 5.74) is 2.76. The Morgan fingerprint density at radius 3 is 2.30 bits per heavy atom. The SMILES string of the molecule is CCOC(=O)CN(C(=O)c1cc(C)cc(C)c1)C1CC1. The standard InChI is InChI=1S/C16H21NO3/c1-4-20-15(18)10-17(14-5-6-14)16(19)13-8-11(2)7-12(3)9-13/h7-9,14H,4-6,10H2,1-3H3. The summed E-state index contributed by atoms with van der Waals surface area (Å²) in [5.74, 6) is -0.413. The number of esters is 1. The van der Waals surface area contributed by atoms with Crippen molar-refractivity contribution in [1.82, 2.24) is 4.90 Å². The van der Waals surface area contributed by atoms with Crippen molar-refractivity contribution in [1.29, 1.82) is 0 Å². The molecule has 0 radical (unpaired) electrons. The highest BCUT2D eigenvalue weighted by Crippen LogP contribution is 2.28. The van der Waals surface area contributed by atoms with Gasteiger partial charge in [0, 0.05) is 11.6 Å². The van der Waals surface area contributed by atoms with Crippen LogP contribution >= 0.6 is 0 Å². The summed E-state index contributed by atoms with van der Waals surface area (Å²) in [6.07, 6.45) is 1.94. The van der Waals surface area contributed by atoms with Gasteiger partial charge in [-0.2, -0.15) is 0 Å². The molecule has 0 aliphatic heterocycles. The summed E-state index contributed by atoms with van der Waals surface area (Å²) in [7, 11) is 0. The molecular weight excluding hydrogens is 254 g/mol. The Kier molecular flexibility index (Phi) is 4.42. The van der Waals surface area contributed by atoms with E-state index in [0.717, 1.165) is 24.0 Å². The van der Waals surface area contributed by atoms with E-state index < -0.39 is 0 Å². The lowest BCUT2D eigenvalue weighted by molar-refractivity contribution is -0.144. The molecular formula is C16H21NO3. The van der Waals surface area contributed by atoms with Gasteiger partial charge in [0.15, 0.2) is 0 Å². The van der Waals surface area contributed by atoms with Gasteiger partial charge < -0.3 is 9.64 Å². The Morgan fingerprint density at radius 1 is 1.20 bits per heavy atom. The molecule has 1 aliphatic rings. The molecule has 0 atom stereocenters. The van der Waals surface area contributed by atoms with Gasteiger partial charge in [0.25, 0.3) is 5.91 Å². The monoisotopic (exact) mass is 275 g/mol. The minimum atomic E-state index is -0.336. The predicted molar refractivity (Wildman–Crippen MR) is 76.6 cm³/mol. The normalized spacial score (nSPS) is 13.9. The number of nitrogens with zero attached hydrogens (tertiary/aromatic N) is 1. The van der Waals surface area contributed by atoms with Crippen LogP contribution in [0, 0.1) is 13.8 Å². The zero-order valence-corrected chi connectivity index (χ0v) is 12.3. The minimum Gasteiger partial charge on any atom is -0.465 e. The maximum Gasteiger partial charge on any atom is 0.325 e. The molecule has 0 bridgehead atoms. The van der Waals surface area contributed by atoms with Gasteiger partial charge in [-0.15, -0.1) is 0 Å². The lowest BCUT2D eigenvalue weighted by atomic mass is 10.1. The van der Waals surface area contributed by atoms with E-state index in [2.05, 4.69) is 0 Å². The van der Waals surface area contributed by atoms with Crippen LogP contribution in [-0.4, -0.2) is 36.0 Å². The average molecular weight is 275 g/mol. The van der Waals surface area contributed by atoms with E-state index >= 15 is 0 Å². The van der Waals surface area contributed by atoms with Gasteiger partial charge in [-0.1, -0.05) is 17.2 Å². The molecule has 1 aromatic rings. The molecule has 0 saturated heterocycles. The van der Waals surface area contributed by atoms with Crippen LogP contribution in [0.4, 0.5) is 0 Å². The van der Waals surface area contributed by atoms with Crippen LogP contribution in [0.25, 0.3) is 0 Å². The van der Waals surface area contributed by atoms with E-state index in [4.69, 9.17) is 4.74 Å². The quantitative estimate of drug-likeness (QED) is 0.776. The summed E-state index contributed by atoms with van der Waals surface area (Å²) in [6, 6.07) is 5.96. The molecule has 108 valence electrons. The van der Waals surface area contributed by atoms with E-state index in [1.807, 2.05) is 32.0 Å². The molecule has 0 aromatic heterocycles. The summed E-state index contributed by atoms with van der Waals surface area (Å²) < 4.78 is 4.95. The number of hydrogen-bond donors (Lipinski definition) is 0. The molecule has 4 nitrogen and oxygen atoms in total. The molecule has 1 amide bonds. The Balaban J connectivity index is 2.16. The number of ether oxygens (including phenoxy) is 1. The maximum atomic E-state index is 12.6. The largest absolute Gasteiger partial charge is 0.465 e.